The fourth-order valence-electron chi connectivity index (χ4n) is 6.11. The Morgan fingerprint density at radius 3 is 2.38 bits per heavy atom. The molecule has 2 heteroatoms. The fraction of sp³-hybridized carbons (Fsp3) is 0.256. The Hall–Kier alpha value is -4.56. The second kappa shape index (κ2) is 16.0. The third kappa shape index (κ3) is 7.94. The van der Waals surface area contributed by atoms with E-state index in [4.69, 9.17) is 4.74 Å². The average Bonchev–Trinajstić information content (AvgIpc) is 3.31. The quantitative estimate of drug-likeness (QED) is 0.136. The van der Waals surface area contributed by atoms with Crippen molar-refractivity contribution in [3.05, 3.63) is 174 Å². The molecule has 0 N–H and O–H groups in total. The van der Waals surface area contributed by atoms with Crippen molar-refractivity contribution in [2.75, 3.05) is 11.4 Å². The van der Waals surface area contributed by atoms with Crippen LogP contribution in [0.5, 0.6) is 0 Å². The number of hydrogen-bond acceptors (Lipinski definition) is 2. The molecule has 0 saturated carbocycles. The molecule has 0 aliphatic heterocycles. The van der Waals surface area contributed by atoms with Gasteiger partial charge in [0.1, 0.15) is 11.5 Å². The van der Waals surface area contributed by atoms with Crippen molar-refractivity contribution >= 4 is 16.5 Å². The Kier molecular flexibility index (Phi) is 11.8. The van der Waals surface area contributed by atoms with E-state index in [1.807, 2.05) is 37.3 Å². The molecule has 0 bridgehead atoms. The van der Waals surface area contributed by atoms with E-state index in [-0.39, 0.29) is 5.41 Å². The van der Waals surface area contributed by atoms with E-state index in [1.165, 1.54) is 33.0 Å². The highest BCUT2D eigenvalue weighted by Gasteiger charge is 2.34. The van der Waals surface area contributed by atoms with E-state index in [9.17, 15) is 0 Å². The second-order valence-corrected chi connectivity index (χ2v) is 12.0. The normalized spacial score (nSPS) is 16.3. The van der Waals surface area contributed by atoms with Gasteiger partial charge in [0, 0.05) is 35.2 Å². The van der Waals surface area contributed by atoms with Crippen LogP contribution < -0.4 is 4.90 Å². The lowest BCUT2D eigenvalue weighted by molar-refractivity contribution is 0.302. The summed E-state index contributed by atoms with van der Waals surface area (Å²) in [7, 11) is 0. The Morgan fingerprint density at radius 2 is 1.67 bits per heavy atom. The molecule has 0 atom stereocenters. The molecule has 0 unspecified atom stereocenters. The van der Waals surface area contributed by atoms with Crippen LogP contribution in [0.15, 0.2) is 163 Å². The van der Waals surface area contributed by atoms with E-state index < -0.39 is 0 Å². The first-order chi connectivity index (χ1) is 21.9. The first-order valence-electron chi connectivity index (χ1n) is 16.3. The van der Waals surface area contributed by atoms with Gasteiger partial charge in [-0.25, -0.2) is 0 Å². The molecule has 0 fully saturated rings. The molecule has 3 aromatic carbocycles. The van der Waals surface area contributed by atoms with E-state index in [1.54, 1.807) is 0 Å². The number of benzene rings is 3. The number of allylic oxidation sites excluding steroid dienone is 11. The summed E-state index contributed by atoms with van der Waals surface area (Å²) < 4.78 is 6.66. The maximum absolute atomic E-state index is 6.66. The minimum Gasteiger partial charge on any atom is -0.462 e. The first kappa shape index (κ1) is 33.3. The minimum atomic E-state index is -0.0715. The van der Waals surface area contributed by atoms with Crippen LogP contribution in [-0.2, 0) is 16.6 Å². The van der Waals surface area contributed by atoms with Gasteiger partial charge in [0.05, 0.1) is 0 Å². The van der Waals surface area contributed by atoms with Gasteiger partial charge < -0.3 is 9.64 Å². The van der Waals surface area contributed by atoms with Crippen LogP contribution in [-0.4, -0.2) is 6.54 Å². The summed E-state index contributed by atoms with van der Waals surface area (Å²) in [5, 5.41) is 2.43. The van der Waals surface area contributed by atoms with Crippen molar-refractivity contribution in [1.82, 2.24) is 0 Å². The number of fused-ring (bicyclic) bond motifs is 2. The maximum Gasteiger partial charge on any atom is 0.127 e. The summed E-state index contributed by atoms with van der Waals surface area (Å²) in [5.74, 6) is 1.80. The Labute approximate surface area is 271 Å². The summed E-state index contributed by atoms with van der Waals surface area (Å²) in [5.41, 5.74) is 7.63. The van der Waals surface area contributed by atoms with Gasteiger partial charge in [-0.15, -0.1) is 0 Å². The zero-order valence-electron chi connectivity index (χ0n) is 27.9. The Morgan fingerprint density at radius 1 is 0.911 bits per heavy atom. The van der Waals surface area contributed by atoms with Crippen LogP contribution in [0.4, 0.5) is 5.69 Å². The van der Waals surface area contributed by atoms with Crippen molar-refractivity contribution < 1.29 is 4.74 Å². The van der Waals surface area contributed by atoms with Crippen molar-refractivity contribution in [1.29, 1.82) is 0 Å². The summed E-state index contributed by atoms with van der Waals surface area (Å²) in [6, 6.07) is 24.1. The number of anilines is 1. The second-order valence-electron chi connectivity index (χ2n) is 12.0. The first-order valence-corrected chi connectivity index (χ1v) is 16.3. The Balaban J connectivity index is 1.94. The Bertz CT molecular complexity index is 1680. The van der Waals surface area contributed by atoms with Crippen LogP contribution >= 0.6 is 0 Å². The SMILES string of the molecule is C=C/C=C\C(O/C(=C/C=C\C)CC)=C(\CCC)CN(C(=C/C=C)/C=C1\Cc2ccccc2C1(C)C)c1cccc2ccccc12. The zero-order valence-corrected chi connectivity index (χ0v) is 27.9. The standard InChI is InChI=1S/C43H49NO/c1-8-13-25-38(12-5)45-42(29-14-9-2)35(20-10-3)32-44(41-28-19-24-33-22-15-17-26-39(33)41)37(21-11-4)31-36-30-34-23-16-18-27-40(34)43(36,6)7/h8-9,11,13-19,21-29,31H,2,4,10,12,20,30,32H2,1,3,5-7H3/b13-8-,29-14-,36-31+,37-21+,38-25+,42-35+. The molecule has 1 aliphatic rings. The molecule has 0 spiro atoms. The van der Waals surface area contributed by atoms with E-state index in [2.05, 4.69) is 137 Å². The highest BCUT2D eigenvalue weighted by molar-refractivity contribution is 5.95. The predicted octanol–water partition coefficient (Wildman–Crippen LogP) is 11.9. The third-order valence-corrected chi connectivity index (χ3v) is 8.55. The van der Waals surface area contributed by atoms with Gasteiger partial charge in [0.2, 0.25) is 0 Å². The third-order valence-electron chi connectivity index (χ3n) is 8.55. The highest BCUT2D eigenvalue weighted by Crippen LogP contribution is 2.43. The van der Waals surface area contributed by atoms with Gasteiger partial charge in [0.25, 0.3) is 0 Å². The number of rotatable bonds is 14. The summed E-state index contributed by atoms with van der Waals surface area (Å²) in [4.78, 5) is 2.45. The number of nitrogens with zero attached hydrogens (tertiary/aromatic N) is 1. The lowest BCUT2D eigenvalue weighted by Crippen LogP contribution is -2.27. The van der Waals surface area contributed by atoms with Crippen LogP contribution in [0.25, 0.3) is 10.8 Å². The molecule has 4 rings (SSSR count). The number of ether oxygens (including phenoxy) is 1. The van der Waals surface area contributed by atoms with E-state index in [0.717, 1.165) is 48.6 Å². The summed E-state index contributed by atoms with van der Waals surface area (Å²) in [6.45, 7) is 19.8. The predicted molar refractivity (Wildman–Crippen MR) is 196 cm³/mol. The van der Waals surface area contributed by atoms with Crippen molar-refractivity contribution in [3.8, 4) is 0 Å². The van der Waals surface area contributed by atoms with Crippen LogP contribution in [0, 0.1) is 0 Å². The van der Waals surface area contributed by atoms with Gasteiger partial charge in [-0.2, -0.15) is 0 Å². The van der Waals surface area contributed by atoms with Gasteiger partial charge in [0.15, 0.2) is 0 Å². The van der Waals surface area contributed by atoms with Gasteiger partial charge in [-0.1, -0.05) is 144 Å². The molecular weight excluding hydrogens is 546 g/mol. The van der Waals surface area contributed by atoms with E-state index in [0.29, 0.717) is 6.54 Å². The van der Waals surface area contributed by atoms with Crippen LogP contribution in [0.2, 0.25) is 0 Å². The average molecular weight is 596 g/mol. The molecule has 0 saturated heterocycles. The largest absolute Gasteiger partial charge is 0.462 e. The topological polar surface area (TPSA) is 12.5 Å². The van der Waals surface area contributed by atoms with Crippen molar-refractivity contribution in [2.45, 2.75) is 65.7 Å². The minimum absolute atomic E-state index is 0.0715. The molecule has 45 heavy (non-hydrogen) atoms. The van der Waals surface area contributed by atoms with Crippen molar-refractivity contribution in [3.63, 3.8) is 0 Å². The van der Waals surface area contributed by atoms with Gasteiger partial charge in [-0.3, -0.25) is 0 Å². The molecule has 3 aromatic rings. The van der Waals surface area contributed by atoms with Crippen molar-refractivity contribution in [2.24, 2.45) is 0 Å². The molecular formula is C43H49NO. The molecule has 0 radical (unpaired) electrons. The molecule has 0 aromatic heterocycles. The summed E-state index contributed by atoms with van der Waals surface area (Å²) >= 11 is 0. The zero-order chi connectivity index (χ0) is 32.2. The fourth-order valence-corrected chi connectivity index (χ4v) is 6.11. The molecule has 2 nitrogen and oxygen atoms in total. The molecule has 0 amide bonds. The maximum atomic E-state index is 6.66. The lowest BCUT2D eigenvalue weighted by Gasteiger charge is -2.31. The van der Waals surface area contributed by atoms with Crippen LogP contribution in [0.1, 0.15) is 65.0 Å². The smallest absolute Gasteiger partial charge is 0.127 e. The summed E-state index contributed by atoms with van der Waals surface area (Å²) in [6.07, 6.45) is 22.0. The monoisotopic (exact) mass is 595 g/mol. The van der Waals surface area contributed by atoms with Gasteiger partial charge >= 0.3 is 0 Å². The van der Waals surface area contributed by atoms with E-state index >= 15 is 0 Å². The molecule has 232 valence electrons. The number of hydrogen-bond donors (Lipinski definition) is 0. The van der Waals surface area contributed by atoms with Crippen LogP contribution in [0.3, 0.4) is 0 Å². The lowest BCUT2D eigenvalue weighted by atomic mass is 9.82. The molecule has 0 heterocycles. The molecule has 1 aliphatic carbocycles. The van der Waals surface area contributed by atoms with Gasteiger partial charge in [-0.05, 0) is 72.2 Å². The highest BCUT2D eigenvalue weighted by atomic mass is 16.5.